The highest BCUT2D eigenvalue weighted by Crippen LogP contribution is 2.36. The van der Waals surface area contributed by atoms with Gasteiger partial charge in [-0.25, -0.2) is 4.79 Å². The maximum absolute atomic E-state index is 11.3. The van der Waals surface area contributed by atoms with Crippen molar-refractivity contribution in [1.29, 1.82) is 0 Å². The number of nitrogens with one attached hydrogen (secondary N) is 1. The Balaban J connectivity index is 2.55. The summed E-state index contributed by atoms with van der Waals surface area (Å²) in [5, 5.41) is 12.2. The number of benzene rings is 1. The van der Waals surface area contributed by atoms with Crippen molar-refractivity contribution in [3.8, 4) is 0 Å². The van der Waals surface area contributed by atoms with Crippen molar-refractivity contribution in [2.24, 2.45) is 0 Å². The lowest BCUT2D eigenvalue weighted by Gasteiger charge is -2.24. The Kier molecular flexibility index (Phi) is 2.04. The average molecular weight is 191 g/mol. The summed E-state index contributed by atoms with van der Waals surface area (Å²) in [5.41, 5.74) is 1.19. The highest BCUT2D eigenvalue weighted by Gasteiger charge is 2.43. The molecule has 1 aliphatic carbocycles. The molecule has 0 fully saturated rings. The van der Waals surface area contributed by atoms with Gasteiger partial charge >= 0.3 is 5.97 Å². The summed E-state index contributed by atoms with van der Waals surface area (Å²) in [6, 6.07) is 7.73. The van der Waals surface area contributed by atoms with Crippen molar-refractivity contribution in [2.75, 3.05) is 7.05 Å². The number of hydrogen-bond acceptors (Lipinski definition) is 2. The lowest BCUT2D eigenvalue weighted by molar-refractivity contribution is -0.145. The van der Waals surface area contributed by atoms with Crippen LogP contribution in [0.2, 0.25) is 0 Å². The highest BCUT2D eigenvalue weighted by molar-refractivity contribution is 5.82. The van der Waals surface area contributed by atoms with Gasteiger partial charge in [-0.05, 0) is 31.0 Å². The Morgan fingerprint density at radius 1 is 1.50 bits per heavy atom. The standard InChI is InChI=1S/C11H13NO2/c1-12-11(10(13)14)7-6-8-4-2-3-5-9(8)11/h2-5,12H,6-7H2,1H3,(H,13,14)/t11-/m0/s1. The molecule has 3 nitrogen and oxygen atoms in total. The smallest absolute Gasteiger partial charge is 0.328 e. The second-order valence-electron chi connectivity index (χ2n) is 3.62. The lowest BCUT2D eigenvalue weighted by Crippen LogP contribution is -2.45. The minimum absolute atomic E-state index is 0.637. The molecule has 74 valence electrons. The van der Waals surface area contributed by atoms with E-state index in [-0.39, 0.29) is 0 Å². The van der Waals surface area contributed by atoms with Crippen LogP contribution in [0.3, 0.4) is 0 Å². The van der Waals surface area contributed by atoms with Crippen LogP contribution in [-0.4, -0.2) is 18.1 Å². The van der Waals surface area contributed by atoms with Gasteiger partial charge in [-0.3, -0.25) is 0 Å². The van der Waals surface area contributed by atoms with Crippen molar-refractivity contribution in [2.45, 2.75) is 18.4 Å². The molecule has 1 aromatic carbocycles. The van der Waals surface area contributed by atoms with Crippen molar-refractivity contribution >= 4 is 5.97 Å². The molecule has 0 aliphatic heterocycles. The van der Waals surface area contributed by atoms with E-state index in [1.54, 1.807) is 7.05 Å². The number of hydrogen-bond donors (Lipinski definition) is 2. The van der Waals surface area contributed by atoms with E-state index >= 15 is 0 Å². The number of carboxylic acid groups (broad SMARTS) is 1. The van der Waals surface area contributed by atoms with E-state index in [1.807, 2.05) is 24.3 Å². The molecule has 0 amide bonds. The van der Waals surface area contributed by atoms with E-state index in [2.05, 4.69) is 5.32 Å². The van der Waals surface area contributed by atoms with Gasteiger partial charge in [-0.15, -0.1) is 0 Å². The Bertz CT molecular complexity index is 375. The third-order valence-corrected chi connectivity index (χ3v) is 3.04. The maximum Gasteiger partial charge on any atom is 0.328 e. The first kappa shape index (κ1) is 9.21. The highest BCUT2D eigenvalue weighted by atomic mass is 16.4. The van der Waals surface area contributed by atoms with E-state index in [4.69, 9.17) is 0 Å². The van der Waals surface area contributed by atoms with Gasteiger partial charge in [0, 0.05) is 0 Å². The third kappa shape index (κ3) is 1.06. The molecule has 0 radical (unpaired) electrons. The number of fused-ring (bicyclic) bond motifs is 1. The molecule has 1 aliphatic rings. The Hall–Kier alpha value is -1.35. The van der Waals surface area contributed by atoms with Gasteiger partial charge in [-0.2, -0.15) is 0 Å². The number of aliphatic carboxylic acids is 1. The van der Waals surface area contributed by atoms with Crippen LogP contribution in [0.4, 0.5) is 0 Å². The van der Waals surface area contributed by atoms with E-state index in [0.29, 0.717) is 6.42 Å². The molecular formula is C11H13NO2. The van der Waals surface area contributed by atoms with Crippen LogP contribution in [0.15, 0.2) is 24.3 Å². The normalized spacial score (nSPS) is 24.6. The molecule has 0 aromatic heterocycles. The summed E-state index contributed by atoms with van der Waals surface area (Å²) in [7, 11) is 1.70. The topological polar surface area (TPSA) is 49.3 Å². The molecule has 3 heteroatoms. The molecule has 0 saturated heterocycles. The molecule has 0 unspecified atom stereocenters. The number of carboxylic acids is 1. The Morgan fingerprint density at radius 3 is 2.86 bits per heavy atom. The zero-order chi connectivity index (χ0) is 10.2. The van der Waals surface area contributed by atoms with Crippen molar-refractivity contribution < 1.29 is 9.90 Å². The first-order valence-electron chi connectivity index (χ1n) is 4.71. The molecule has 2 rings (SSSR count). The number of carbonyl (C=O) groups is 1. The number of likely N-dealkylation sites (N-methyl/N-ethyl adjacent to an activating group) is 1. The van der Waals surface area contributed by atoms with Gasteiger partial charge in [-0.1, -0.05) is 24.3 Å². The lowest BCUT2D eigenvalue weighted by atomic mass is 9.92. The molecule has 1 atom stereocenters. The minimum atomic E-state index is -0.864. The molecule has 0 bridgehead atoms. The number of rotatable bonds is 2. The minimum Gasteiger partial charge on any atom is -0.480 e. The first-order chi connectivity index (χ1) is 6.70. The van der Waals surface area contributed by atoms with Gasteiger partial charge in [0.05, 0.1) is 0 Å². The zero-order valence-corrected chi connectivity index (χ0v) is 8.08. The fourth-order valence-electron chi connectivity index (χ4n) is 2.20. The van der Waals surface area contributed by atoms with Crippen molar-refractivity contribution in [3.63, 3.8) is 0 Å². The fourth-order valence-corrected chi connectivity index (χ4v) is 2.20. The summed E-state index contributed by atoms with van der Waals surface area (Å²) < 4.78 is 0. The summed E-state index contributed by atoms with van der Waals surface area (Å²) >= 11 is 0. The molecule has 0 spiro atoms. The molecule has 1 aromatic rings. The summed E-state index contributed by atoms with van der Waals surface area (Å²) in [6.45, 7) is 0. The maximum atomic E-state index is 11.3. The van der Waals surface area contributed by atoms with E-state index in [0.717, 1.165) is 17.5 Å². The van der Waals surface area contributed by atoms with Crippen LogP contribution < -0.4 is 5.32 Å². The van der Waals surface area contributed by atoms with Gasteiger partial charge in [0.1, 0.15) is 5.54 Å². The first-order valence-corrected chi connectivity index (χ1v) is 4.71. The van der Waals surface area contributed by atoms with E-state index in [9.17, 15) is 9.90 Å². The summed E-state index contributed by atoms with van der Waals surface area (Å²) in [4.78, 5) is 11.3. The van der Waals surface area contributed by atoms with E-state index in [1.165, 1.54) is 0 Å². The molecular weight excluding hydrogens is 178 g/mol. The van der Waals surface area contributed by atoms with E-state index < -0.39 is 11.5 Å². The Morgan fingerprint density at radius 2 is 2.21 bits per heavy atom. The zero-order valence-electron chi connectivity index (χ0n) is 8.08. The monoisotopic (exact) mass is 191 g/mol. The summed E-state index contributed by atoms with van der Waals surface area (Å²) in [6.07, 6.45) is 1.47. The van der Waals surface area contributed by atoms with Crippen LogP contribution >= 0.6 is 0 Å². The summed E-state index contributed by atoms with van der Waals surface area (Å²) in [5.74, 6) is -0.787. The van der Waals surface area contributed by atoms with Crippen molar-refractivity contribution in [1.82, 2.24) is 5.32 Å². The molecule has 14 heavy (non-hydrogen) atoms. The van der Waals surface area contributed by atoms with Crippen LogP contribution in [-0.2, 0) is 16.8 Å². The van der Waals surface area contributed by atoms with Gasteiger partial charge in [0.2, 0.25) is 0 Å². The van der Waals surface area contributed by atoms with Gasteiger partial charge in [0.25, 0.3) is 0 Å². The fraction of sp³-hybridized carbons (Fsp3) is 0.364. The largest absolute Gasteiger partial charge is 0.480 e. The SMILES string of the molecule is CN[C@@]1(C(=O)O)CCc2ccccc21. The predicted octanol–water partition coefficient (Wildman–Crippen LogP) is 1.13. The van der Waals surface area contributed by atoms with Crippen LogP contribution in [0.5, 0.6) is 0 Å². The molecule has 2 N–H and O–H groups in total. The predicted molar refractivity (Wildman–Crippen MR) is 53.1 cm³/mol. The van der Waals surface area contributed by atoms with Gasteiger partial charge in [0.15, 0.2) is 0 Å². The van der Waals surface area contributed by atoms with Crippen LogP contribution in [0.25, 0.3) is 0 Å². The van der Waals surface area contributed by atoms with Crippen molar-refractivity contribution in [3.05, 3.63) is 35.4 Å². The quantitative estimate of drug-likeness (QED) is 0.736. The molecule has 0 saturated carbocycles. The Labute approximate surface area is 82.8 Å². The second-order valence-corrected chi connectivity index (χ2v) is 3.62. The van der Waals surface area contributed by atoms with Gasteiger partial charge < -0.3 is 10.4 Å². The average Bonchev–Trinajstić information content (AvgIpc) is 2.57. The second kappa shape index (κ2) is 3.10. The van der Waals surface area contributed by atoms with Crippen LogP contribution in [0, 0.1) is 0 Å². The number of aryl methyl sites for hydroxylation is 1. The van der Waals surface area contributed by atoms with Crippen LogP contribution in [0.1, 0.15) is 17.5 Å². The third-order valence-electron chi connectivity index (χ3n) is 3.04. The molecule has 0 heterocycles.